The summed E-state index contributed by atoms with van der Waals surface area (Å²) in [5.74, 6) is 1.90. The second-order valence-corrected chi connectivity index (χ2v) is 16.9. The first-order valence-corrected chi connectivity index (χ1v) is 22.7. The highest BCUT2D eigenvalue weighted by Crippen LogP contribution is 2.38. The molecule has 314 valence electrons. The maximum atomic E-state index is 5.06. The van der Waals surface area contributed by atoms with Crippen molar-refractivity contribution in [3.8, 4) is 95.5 Å². The van der Waals surface area contributed by atoms with Gasteiger partial charge in [0.2, 0.25) is 0 Å². The lowest BCUT2D eigenvalue weighted by molar-refractivity contribution is 1.07. The first-order valence-electron chi connectivity index (χ1n) is 22.7. The number of hydrogen-bond donors (Lipinski definition) is 0. The second-order valence-electron chi connectivity index (χ2n) is 16.9. The third-order valence-corrected chi connectivity index (χ3v) is 12.7. The van der Waals surface area contributed by atoms with Gasteiger partial charge >= 0.3 is 0 Å². The van der Waals surface area contributed by atoms with Gasteiger partial charge in [0.05, 0.1) is 11.0 Å². The Kier molecular flexibility index (Phi) is 10.2. The molecule has 12 aromatic rings. The summed E-state index contributed by atoms with van der Waals surface area (Å²) in [5.41, 5.74) is 17.9. The maximum absolute atomic E-state index is 5.06. The molecule has 4 nitrogen and oxygen atoms in total. The van der Waals surface area contributed by atoms with E-state index < -0.39 is 0 Å². The van der Waals surface area contributed by atoms with Gasteiger partial charge in [0.25, 0.3) is 0 Å². The molecule has 4 heteroatoms. The number of rotatable bonds is 9. The third kappa shape index (κ3) is 7.77. The molecule has 0 bridgehead atoms. The van der Waals surface area contributed by atoms with Crippen molar-refractivity contribution >= 4 is 21.8 Å². The highest BCUT2D eigenvalue weighted by atomic mass is 15.0. The molecule has 12 rings (SSSR count). The molecule has 2 aromatic heterocycles. The van der Waals surface area contributed by atoms with E-state index in [0.717, 1.165) is 50.1 Å². The Morgan fingerprint density at radius 2 is 0.537 bits per heavy atom. The molecule has 0 radical (unpaired) electrons. The van der Waals surface area contributed by atoms with E-state index in [1.165, 1.54) is 49.7 Å². The van der Waals surface area contributed by atoms with Gasteiger partial charge in [-0.05, 0) is 92.0 Å². The van der Waals surface area contributed by atoms with Crippen LogP contribution in [0, 0.1) is 0 Å². The Bertz CT molecular complexity index is 3680. The van der Waals surface area contributed by atoms with Gasteiger partial charge < -0.3 is 4.57 Å². The highest BCUT2D eigenvalue weighted by molar-refractivity contribution is 6.11. The summed E-state index contributed by atoms with van der Waals surface area (Å²) in [7, 11) is 0. The quantitative estimate of drug-likeness (QED) is 0.145. The smallest absolute Gasteiger partial charge is 0.164 e. The summed E-state index contributed by atoms with van der Waals surface area (Å²) >= 11 is 0. The number of fused-ring (bicyclic) bond motifs is 3. The minimum atomic E-state index is 0.627. The number of hydrogen-bond acceptors (Lipinski definition) is 3. The van der Waals surface area contributed by atoms with Gasteiger partial charge in [0.1, 0.15) is 0 Å². The molecule has 0 aliphatic heterocycles. The van der Waals surface area contributed by atoms with E-state index in [0.29, 0.717) is 17.5 Å². The zero-order valence-electron chi connectivity index (χ0n) is 36.5. The van der Waals surface area contributed by atoms with E-state index in [2.05, 4.69) is 223 Å². The standard InChI is InChI=1S/C63H42N4/c1-5-14-43(15-6-1)46-24-28-50(29-25-46)62-64-61(49-20-11-4-12-21-49)65-63(66-62)51-30-26-47(27-31-51)55-34-38-57-58-41-54(45-18-9-3-10-19-45)35-39-59(58)67(60(57)42-55)56-36-32-48(33-37-56)53-23-13-22-52(40-53)44-16-7-2-8-17-44/h1-42H. The fourth-order valence-corrected chi connectivity index (χ4v) is 9.21. The van der Waals surface area contributed by atoms with E-state index >= 15 is 0 Å². The van der Waals surface area contributed by atoms with Crippen LogP contribution in [-0.2, 0) is 0 Å². The Balaban J connectivity index is 0.923. The van der Waals surface area contributed by atoms with Crippen LogP contribution in [0.15, 0.2) is 255 Å². The van der Waals surface area contributed by atoms with Crippen molar-refractivity contribution in [2.75, 3.05) is 0 Å². The molecule has 0 fully saturated rings. The van der Waals surface area contributed by atoms with Crippen LogP contribution in [0.4, 0.5) is 0 Å². The Morgan fingerprint density at radius 1 is 0.209 bits per heavy atom. The monoisotopic (exact) mass is 854 g/mol. The van der Waals surface area contributed by atoms with Crippen LogP contribution in [0.25, 0.3) is 117 Å². The van der Waals surface area contributed by atoms with E-state index in [-0.39, 0.29) is 0 Å². The average Bonchev–Trinajstić information content (AvgIpc) is 3.75. The predicted octanol–water partition coefficient (Wildman–Crippen LogP) is 16.3. The van der Waals surface area contributed by atoms with Crippen LogP contribution in [0.5, 0.6) is 0 Å². The minimum absolute atomic E-state index is 0.627. The summed E-state index contributed by atoms with van der Waals surface area (Å²) in [6.45, 7) is 0. The molecular formula is C63H42N4. The zero-order valence-corrected chi connectivity index (χ0v) is 36.5. The predicted molar refractivity (Wildman–Crippen MR) is 278 cm³/mol. The van der Waals surface area contributed by atoms with Crippen molar-refractivity contribution in [2.24, 2.45) is 0 Å². The van der Waals surface area contributed by atoms with Crippen LogP contribution in [0.2, 0.25) is 0 Å². The fourth-order valence-electron chi connectivity index (χ4n) is 9.21. The Morgan fingerprint density at radius 3 is 1.04 bits per heavy atom. The highest BCUT2D eigenvalue weighted by Gasteiger charge is 2.17. The summed E-state index contributed by atoms with van der Waals surface area (Å²) < 4.78 is 2.41. The molecule has 0 amide bonds. The third-order valence-electron chi connectivity index (χ3n) is 12.7. The van der Waals surface area contributed by atoms with E-state index in [1.807, 2.05) is 36.4 Å². The lowest BCUT2D eigenvalue weighted by atomic mass is 9.99. The van der Waals surface area contributed by atoms with Crippen molar-refractivity contribution < 1.29 is 0 Å². The number of aromatic nitrogens is 4. The van der Waals surface area contributed by atoms with Crippen LogP contribution in [-0.4, -0.2) is 19.5 Å². The summed E-state index contributed by atoms with van der Waals surface area (Å²) in [6, 6.07) is 90.3. The van der Waals surface area contributed by atoms with Crippen LogP contribution < -0.4 is 0 Å². The van der Waals surface area contributed by atoms with Crippen molar-refractivity contribution in [2.45, 2.75) is 0 Å². The minimum Gasteiger partial charge on any atom is -0.309 e. The second kappa shape index (κ2) is 17.2. The topological polar surface area (TPSA) is 43.6 Å². The van der Waals surface area contributed by atoms with Crippen LogP contribution in [0.1, 0.15) is 0 Å². The van der Waals surface area contributed by atoms with Crippen molar-refractivity contribution in [3.63, 3.8) is 0 Å². The molecule has 10 aromatic carbocycles. The SMILES string of the molecule is c1ccc(-c2ccc(-c3nc(-c4ccccc4)nc(-c4ccc(-c5ccc6c7cc(-c8ccccc8)ccc7n(-c7ccc(-c8cccc(-c9ccccc9)c8)cc7)c6c5)cc4)n3)cc2)cc1. The van der Waals surface area contributed by atoms with E-state index in [1.54, 1.807) is 0 Å². The molecule has 0 spiro atoms. The normalized spacial score (nSPS) is 11.3. The molecule has 0 saturated heterocycles. The largest absolute Gasteiger partial charge is 0.309 e. The molecule has 0 aliphatic carbocycles. The van der Waals surface area contributed by atoms with Gasteiger partial charge in [0, 0.05) is 33.2 Å². The molecule has 2 heterocycles. The zero-order chi connectivity index (χ0) is 44.5. The fraction of sp³-hybridized carbons (Fsp3) is 0. The summed E-state index contributed by atoms with van der Waals surface area (Å²) in [4.78, 5) is 15.1. The molecule has 0 atom stereocenters. The van der Waals surface area contributed by atoms with Gasteiger partial charge in [-0.15, -0.1) is 0 Å². The number of nitrogens with zero attached hydrogens (tertiary/aromatic N) is 4. The first kappa shape index (κ1) is 39.6. The Hall–Kier alpha value is -8.99. The van der Waals surface area contributed by atoms with Crippen molar-refractivity contribution in [1.82, 2.24) is 19.5 Å². The summed E-state index contributed by atoms with van der Waals surface area (Å²) in [6.07, 6.45) is 0. The maximum Gasteiger partial charge on any atom is 0.164 e. The molecule has 0 aliphatic rings. The average molecular weight is 855 g/mol. The van der Waals surface area contributed by atoms with Gasteiger partial charge in [-0.2, -0.15) is 0 Å². The van der Waals surface area contributed by atoms with Gasteiger partial charge in [-0.25, -0.2) is 15.0 Å². The lowest BCUT2D eigenvalue weighted by Crippen LogP contribution is -2.00. The molecule has 0 unspecified atom stereocenters. The summed E-state index contributed by atoms with van der Waals surface area (Å²) in [5, 5.41) is 2.42. The molecular weight excluding hydrogens is 813 g/mol. The molecule has 0 saturated carbocycles. The molecule has 0 N–H and O–H groups in total. The van der Waals surface area contributed by atoms with E-state index in [4.69, 9.17) is 15.0 Å². The van der Waals surface area contributed by atoms with E-state index in [9.17, 15) is 0 Å². The number of benzene rings is 10. The van der Waals surface area contributed by atoms with Gasteiger partial charge in [-0.1, -0.05) is 218 Å². The van der Waals surface area contributed by atoms with Gasteiger partial charge in [-0.3, -0.25) is 0 Å². The molecule has 67 heavy (non-hydrogen) atoms. The Labute approximate surface area is 389 Å². The van der Waals surface area contributed by atoms with Crippen molar-refractivity contribution in [3.05, 3.63) is 255 Å². The van der Waals surface area contributed by atoms with Gasteiger partial charge in [0.15, 0.2) is 17.5 Å². The first-order chi connectivity index (χ1) is 33.2. The van der Waals surface area contributed by atoms with Crippen LogP contribution >= 0.6 is 0 Å². The van der Waals surface area contributed by atoms with Crippen molar-refractivity contribution in [1.29, 1.82) is 0 Å². The van der Waals surface area contributed by atoms with Crippen LogP contribution in [0.3, 0.4) is 0 Å². The lowest BCUT2D eigenvalue weighted by Gasteiger charge is -2.12.